The highest BCUT2D eigenvalue weighted by Crippen LogP contribution is 2.24. The second-order valence-corrected chi connectivity index (χ2v) is 7.42. The van der Waals surface area contributed by atoms with Crippen molar-refractivity contribution < 1.29 is 35.9 Å². The Kier molecular flexibility index (Phi) is 6.83. The van der Waals surface area contributed by atoms with Crippen LogP contribution in [0.5, 0.6) is 0 Å². The molecule has 0 aliphatic carbocycles. The first kappa shape index (κ1) is 21.2. The summed E-state index contributed by atoms with van der Waals surface area (Å²) in [6.07, 6.45) is -3.90. The molecule has 0 saturated carbocycles. The Morgan fingerprint density at radius 3 is 2.36 bits per heavy atom. The molecule has 140 valence electrons. The fraction of sp³-hybridized carbons (Fsp3) is 0.429. The molecule has 0 bridgehead atoms. The van der Waals surface area contributed by atoms with Gasteiger partial charge in [-0.3, -0.25) is 9.59 Å². The highest BCUT2D eigenvalue weighted by Gasteiger charge is 2.35. The number of nitrogens with zero attached hydrogens (tertiary/aromatic N) is 1. The lowest BCUT2D eigenvalue weighted by Crippen LogP contribution is -2.42. The summed E-state index contributed by atoms with van der Waals surface area (Å²) in [5.41, 5.74) is -0.460. The van der Waals surface area contributed by atoms with E-state index in [1.807, 2.05) is 0 Å². The van der Waals surface area contributed by atoms with Gasteiger partial charge in [-0.15, -0.1) is 0 Å². The molecule has 0 atom stereocenters. The third-order valence-corrected chi connectivity index (χ3v) is 4.32. The van der Waals surface area contributed by atoms with Crippen LogP contribution in [-0.2, 0) is 19.4 Å². The average Bonchev–Trinajstić information content (AvgIpc) is 2.44. The summed E-state index contributed by atoms with van der Waals surface area (Å²) >= 11 is 5.81. The number of esters is 1. The maximum absolute atomic E-state index is 12.7. The maximum Gasteiger partial charge on any atom is 0.406 e. The summed E-state index contributed by atoms with van der Waals surface area (Å²) in [5, 5.41) is -0.242. The molecule has 0 fully saturated rings. The molecule has 0 aromatic heterocycles. The van der Waals surface area contributed by atoms with Crippen LogP contribution in [-0.4, -0.2) is 57.3 Å². The molecule has 0 spiro atoms. The number of benzene rings is 1. The predicted octanol–water partition coefficient (Wildman–Crippen LogP) is 2.31. The number of rotatable bonds is 6. The molecule has 1 amide bonds. The summed E-state index contributed by atoms with van der Waals surface area (Å²) in [5.74, 6) is -2.27. The molecular weight excluding hydrogens is 387 g/mol. The standard InChI is InChI=1S/C14H15ClF3NO5S/c1-3-24-12(20)7-19(8-14(16,17)18)13(21)10-6-9(25(2,22)23)4-5-11(10)15/h4-6H,3,7-8H2,1-2H3. The highest BCUT2D eigenvalue weighted by molar-refractivity contribution is 7.90. The number of halogens is 4. The van der Waals surface area contributed by atoms with Crippen LogP contribution < -0.4 is 0 Å². The monoisotopic (exact) mass is 401 g/mol. The third kappa shape index (κ3) is 6.54. The van der Waals surface area contributed by atoms with Gasteiger partial charge < -0.3 is 9.64 Å². The largest absolute Gasteiger partial charge is 0.465 e. The van der Waals surface area contributed by atoms with Crippen LogP contribution in [0.1, 0.15) is 17.3 Å². The van der Waals surface area contributed by atoms with Crippen molar-refractivity contribution in [2.75, 3.05) is 26.0 Å². The predicted molar refractivity (Wildman–Crippen MR) is 83.2 cm³/mol. The zero-order chi connectivity index (χ0) is 19.4. The van der Waals surface area contributed by atoms with Gasteiger partial charge in [0.25, 0.3) is 5.91 Å². The minimum atomic E-state index is -4.77. The van der Waals surface area contributed by atoms with E-state index in [0.717, 1.165) is 24.5 Å². The van der Waals surface area contributed by atoms with Crippen LogP contribution in [0.15, 0.2) is 23.1 Å². The lowest BCUT2D eigenvalue weighted by Gasteiger charge is -2.23. The fourth-order valence-electron chi connectivity index (χ4n) is 1.85. The van der Waals surface area contributed by atoms with Crippen LogP contribution in [0.2, 0.25) is 5.02 Å². The molecule has 6 nitrogen and oxygen atoms in total. The van der Waals surface area contributed by atoms with Crippen LogP contribution in [0, 0.1) is 0 Å². The van der Waals surface area contributed by atoms with Gasteiger partial charge in [0.15, 0.2) is 9.84 Å². The molecule has 0 aliphatic rings. The van der Waals surface area contributed by atoms with Gasteiger partial charge in [-0.2, -0.15) is 13.2 Å². The Morgan fingerprint density at radius 2 is 1.88 bits per heavy atom. The highest BCUT2D eigenvalue weighted by atomic mass is 35.5. The molecule has 0 heterocycles. The van der Waals surface area contributed by atoms with E-state index in [1.54, 1.807) is 0 Å². The first-order valence-electron chi connectivity index (χ1n) is 6.86. The van der Waals surface area contributed by atoms with Crippen LogP contribution in [0.3, 0.4) is 0 Å². The summed E-state index contributed by atoms with van der Waals surface area (Å²) in [6, 6.07) is 3.07. The van der Waals surface area contributed by atoms with Crippen molar-refractivity contribution in [3.63, 3.8) is 0 Å². The summed E-state index contributed by atoms with van der Waals surface area (Å²) in [7, 11) is -3.71. The quantitative estimate of drug-likeness (QED) is 0.683. The van der Waals surface area contributed by atoms with Gasteiger partial charge in [-0.05, 0) is 25.1 Å². The van der Waals surface area contributed by atoms with E-state index in [0.29, 0.717) is 0 Å². The van der Waals surface area contributed by atoms with Crippen molar-refractivity contribution in [3.8, 4) is 0 Å². The van der Waals surface area contributed by atoms with Crippen molar-refractivity contribution in [2.24, 2.45) is 0 Å². The Balaban J connectivity index is 3.26. The van der Waals surface area contributed by atoms with Crippen molar-refractivity contribution in [2.45, 2.75) is 18.0 Å². The van der Waals surface area contributed by atoms with E-state index in [1.165, 1.54) is 6.92 Å². The number of carbonyl (C=O) groups excluding carboxylic acids is 2. The van der Waals surface area contributed by atoms with Crippen molar-refractivity contribution >= 4 is 33.3 Å². The third-order valence-electron chi connectivity index (χ3n) is 2.88. The molecule has 0 radical (unpaired) electrons. The Labute approximate surface area is 147 Å². The van der Waals surface area contributed by atoms with Gasteiger partial charge >= 0.3 is 12.1 Å². The van der Waals surface area contributed by atoms with Gasteiger partial charge in [0.05, 0.1) is 22.1 Å². The van der Waals surface area contributed by atoms with E-state index in [4.69, 9.17) is 11.6 Å². The molecule has 1 aromatic carbocycles. The van der Waals surface area contributed by atoms with E-state index in [-0.39, 0.29) is 21.4 Å². The van der Waals surface area contributed by atoms with Crippen LogP contribution in [0.4, 0.5) is 13.2 Å². The molecule has 0 aliphatic heterocycles. The van der Waals surface area contributed by atoms with Gasteiger partial charge in [0, 0.05) is 6.26 Å². The normalized spacial score (nSPS) is 11.9. The Hall–Kier alpha value is -1.81. The number of carbonyl (C=O) groups is 2. The van der Waals surface area contributed by atoms with E-state index in [2.05, 4.69) is 4.74 Å². The van der Waals surface area contributed by atoms with Gasteiger partial charge in [0.1, 0.15) is 13.1 Å². The van der Waals surface area contributed by atoms with Gasteiger partial charge in [0.2, 0.25) is 0 Å². The van der Waals surface area contributed by atoms with Gasteiger partial charge in [-0.25, -0.2) is 8.42 Å². The number of alkyl halides is 3. The van der Waals surface area contributed by atoms with Crippen molar-refractivity contribution in [1.29, 1.82) is 0 Å². The van der Waals surface area contributed by atoms with Crippen LogP contribution >= 0.6 is 11.6 Å². The summed E-state index contributed by atoms with van der Waals surface area (Å²) < 4.78 is 65.8. The first-order valence-corrected chi connectivity index (χ1v) is 9.13. The maximum atomic E-state index is 12.7. The van der Waals surface area contributed by atoms with Crippen molar-refractivity contribution in [3.05, 3.63) is 28.8 Å². The summed E-state index contributed by atoms with van der Waals surface area (Å²) in [4.78, 5) is 23.8. The molecule has 25 heavy (non-hydrogen) atoms. The number of ether oxygens (including phenoxy) is 1. The topological polar surface area (TPSA) is 80.8 Å². The molecule has 1 aromatic rings. The van der Waals surface area contributed by atoms with E-state index in [9.17, 15) is 31.2 Å². The van der Waals surface area contributed by atoms with Gasteiger partial charge in [-0.1, -0.05) is 11.6 Å². The number of hydrogen-bond acceptors (Lipinski definition) is 5. The first-order chi connectivity index (χ1) is 11.3. The molecular formula is C14H15ClF3NO5S. The van der Waals surface area contributed by atoms with E-state index >= 15 is 0 Å². The smallest absolute Gasteiger partial charge is 0.406 e. The molecule has 0 N–H and O–H groups in total. The second kappa shape index (κ2) is 8.05. The molecule has 11 heteroatoms. The lowest BCUT2D eigenvalue weighted by molar-refractivity contribution is -0.153. The Morgan fingerprint density at radius 1 is 1.28 bits per heavy atom. The SMILES string of the molecule is CCOC(=O)CN(CC(F)(F)F)C(=O)c1cc(S(C)(=O)=O)ccc1Cl. The lowest BCUT2D eigenvalue weighted by atomic mass is 10.2. The zero-order valence-electron chi connectivity index (χ0n) is 13.3. The number of sulfone groups is 1. The van der Waals surface area contributed by atoms with Crippen molar-refractivity contribution in [1.82, 2.24) is 4.90 Å². The second-order valence-electron chi connectivity index (χ2n) is 5.00. The molecule has 1 rings (SSSR count). The minimum Gasteiger partial charge on any atom is -0.465 e. The number of amides is 1. The Bertz CT molecular complexity index is 764. The zero-order valence-corrected chi connectivity index (χ0v) is 14.8. The fourth-order valence-corrected chi connectivity index (χ4v) is 2.69. The minimum absolute atomic E-state index is 0.0722. The summed E-state index contributed by atoms with van der Waals surface area (Å²) in [6.45, 7) is -1.28. The molecule has 0 unspecified atom stereocenters. The van der Waals surface area contributed by atoms with Crippen LogP contribution in [0.25, 0.3) is 0 Å². The number of hydrogen-bond donors (Lipinski definition) is 0. The average molecular weight is 402 g/mol. The molecule has 0 saturated heterocycles. The van der Waals surface area contributed by atoms with E-state index < -0.39 is 46.5 Å².